The summed E-state index contributed by atoms with van der Waals surface area (Å²) in [5.74, 6) is 0.721. The molecule has 1 amide bonds. The number of hydrogen-bond donors (Lipinski definition) is 2. The van der Waals surface area contributed by atoms with Gasteiger partial charge in [0.1, 0.15) is 18.3 Å². The molecule has 2 unspecified atom stereocenters. The van der Waals surface area contributed by atoms with Crippen molar-refractivity contribution in [3.63, 3.8) is 0 Å². The Kier molecular flexibility index (Phi) is 4.87. The van der Waals surface area contributed by atoms with Crippen LogP contribution in [0.15, 0.2) is 31.0 Å². The van der Waals surface area contributed by atoms with E-state index >= 15 is 0 Å². The molecular weight excluding hydrogens is 320 g/mol. The van der Waals surface area contributed by atoms with Crippen molar-refractivity contribution < 1.29 is 9.53 Å². The smallest absolute Gasteiger partial charge is 0.407 e. The van der Waals surface area contributed by atoms with Gasteiger partial charge in [-0.3, -0.25) is 0 Å². The van der Waals surface area contributed by atoms with Crippen molar-refractivity contribution in [2.45, 2.75) is 57.7 Å². The second kappa shape index (κ2) is 7.08. The Morgan fingerprint density at radius 3 is 2.72 bits per heavy atom. The third-order valence-electron chi connectivity index (χ3n) is 3.93. The fourth-order valence-corrected chi connectivity index (χ4v) is 2.89. The van der Waals surface area contributed by atoms with E-state index in [1.165, 1.54) is 6.33 Å². The topological polar surface area (TPSA) is 94.0 Å². The lowest BCUT2D eigenvalue weighted by molar-refractivity contribution is 0.0505. The van der Waals surface area contributed by atoms with E-state index in [1.807, 2.05) is 32.9 Å². The van der Waals surface area contributed by atoms with E-state index in [0.29, 0.717) is 6.04 Å². The number of aromatic nitrogens is 4. The molecule has 2 N–H and O–H groups in total. The molecule has 0 aromatic carbocycles. The summed E-state index contributed by atoms with van der Waals surface area (Å²) in [4.78, 5) is 20.1. The normalized spacial score (nSPS) is 20.3. The van der Waals surface area contributed by atoms with Crippen molar-refractivity contribution in [3.05, 3.63) is 31.0 Å². The van der Waals surface area contributed by atoms with Gasteiger partial charge in [-0.25, -0.2) is 19.4 Å². The zero-order valence-corrected chi connectivity index (χ0v) is 14.8. The molecule has 25 heavy (non-hydrogen) atoms. The van der Waals surface area contributed by atoms with Gasteiger partial charge in [0.25, 0.3) is 0 Å². The van der Waals surface area contributed by atoms with Crippen LogP contribution in [0, 0.1) is 0 Å². The van der Waals surface area contributed by atoms with Gasteiger partial charge < -0.3 is 15.4 Å². The minimum Gasteiger partial charge on any atom is -0.444 e. The van der Waals surface area contributed by atoms with E-state index in [1.54, 1.807) is 17.2 Å². The quantitative estimate of drug-likeness (QED) is 0.885. The van der Waals surface area contributed by atoms with E-state index in [4.69, 9.17) is 4.74 Å². The van der Waals surface area contributed by atoms with Crippen LogP contribution in [0.4, 0.5) is 10.5 Å². The Morgan fingerprint density at radius 2 is 2.08 bits per heavy atom. The monoisotopic (exact) mass is 344 g/mol. The lowest BCUT2D eigenvalue weighted by atomic mass is 10.2. The molecule has 2 aromatic rings. The van der Waals surface area contributed by atoms with Gasteiger partial charge in [0, 0.05) is 12.1 Å². The van der Waals surface area contributed by atoms with Gasteiger partial charge >= 0.3 is 6.09 Å². The van der Waals surface area contributed by atoms with E-state index < -0.39 is 5.60 Å². The molecule has 0 bridgehead atoms. The summed E-state index contributed by atoms with van der Waals surface area (Å²) in [6, 6.07) is 4.30. The van der Waals surface area contributed by atoms with Crippen molar-refractivity contribution in [2.75, 3.05) is 5.32 Å². The van der Waals surface area contributed by atoms with Crippen LogP contribution in [0.3, 0.4) is 0 Å². The van der Waals surface area contributed by atoms with Gasteiger partial charge in [-0.05, 0) is 52.2 Å². The summed E-state index contributed by atoms with van der Waals surface area (Å²) in [6.07, 6.45) is 7.31. The van der Waals surface area contributed by atoms with Crippen molar-refractivity contribution in [1.82, 2.24) is 25.1 Å². The first-order valence-electron chi connectivity index (χ1n) is 8.46. The highest BCUT2D eigenvalue weighted by Crippen LogP contribution is 2.23. The first-order chi connectivity index (χ1) is 11.9. The lowest BCUT2D eigenvalue weighted by Gasteiger charge is -2.22. The van der Waals surface area contributed by atoms with Crippen molar-refractivity contribution in [3.8, 4) is 5.82 Å². The Hall–Kier alpha value is -2.64. The zero-order chi connectivity index (χ0) is 17.9. The van der Waals surface area contributed by atoms with Crippen LogP contribution in [0.2, 0.25) is 0 Å². The maximum atomic E-state index is 11.9. The maximum Gasteiger partial charge on any atom is 0.407 e. The molecule has 0 spiro atoms. The van der Waals surface area contributed by atoms with Crippen LogP contribution in [0.1, 0.15) is 40.0 Å². The molecule has 8 heteroatoms. The molecule has 8 nitrogen and oxygen atoms in total. The number of anilines is 1. The third kappa shape index (κ3) is 4.91. The Labute approximate surface area is 147 Å². The molecule has 3 rings (SSSR count). The van der Waals surface area contributed by atoms with Crippen LogP contribution in [-0.2, 0) is 4.74 Å². The largest absolute Gasteiger partial charge is 0.444 e. The van der Waals surface area contributed by atoms with Gasteiger partial charge in [-0.15, -0.1) is 0 Å². The molecule has 2 atom stereocenters. The molecule has 0 saturated heterocycles. The SMILES string of the molecule is CC(C)(C)OC(=O)NC1CCC(Nc2ccc(-n3cncn3)nc2)C1. The molecule has 0 radical (unpaired) electrons. The van der Waals surface area contributed by atoms with Gasteiger partial charge in [-0.2, -0.15) is 5.10 Å². The number of alkyl carbamates (subject to hydrolysis) is 1. The summed E-state index contributed by atoms with van der Waals surface area (Å²) in [5, 5.41) is 10.5. The Balaban J connectivity index is 1.49. The zero-order valence-electron chi connectivity index (χ0n) is 14.8. The van der Waals surface area contributed by atoms with Crippen LogP contribution < -0.4 is 10.6 Å². The number of carbonyl (C=O) groups is 1. The number of hydrogen-bond acceptors (Lipinski definition) is 6. The number of nitrogens with zero attached hydrogens (tertiary/aromatic N) is 4. The number of amides is 1. The summed E-state index contributed by atoms with van der Waals surface area (Å²) in [5.41, 5.74) is 0.476. The first-order valence-corrected chi connectivity index (χ1v) is 8.46. The minimum absolute atomic E-state index is 0.134. The first kappa shape index (κ1) is 17.2. The predicted molar refractivity (Wildman–Crippen MR) is 93.6 cm³/mol. The van der Waals surface area contributed by atoms with Gasteiger partial charge in [-0.1, -0.05) is 0 Å². The van der Waals surface area contributed by atoms with Crippen LogP contribution >= 0.6 is 0 Å². The number of nitrogens with one attached hydrogen (secondary N) is 2. The molecule has 0 aliphatic heterocycles. The summed E-state index contributed by atoms with van der Waals surface area (Å²) < 4.78 is 6.92. The molecule has 2 aromatic heterocycles. The second-order valence-electron chi connectivity index (χ2n) is 7.24. The predicted octanol–water partition coefficient (Wildman–Crippen LogP) is 2.52. The number of rotatable bonds is 4. The standard InChI is InChI=1S/C17H24N6O2/c1-17(2,3)25-16(24)22-13-5-4-12(8-13)21-14-6-7-15(19-9-14)23-11-18-10-20-23/h6-7,9-13,21H,4-5,8H2,1-3H3,(H,22,24). The molecule has 1 fully saturated rings. The van der Waals surface area contributed by atoms with Crippen molar-refractivity contribution in [1.29, 1.82) is 0 Å². The second-order valence-corrected chi connectivity index (χ2v) is 7.24. The number of carbonyl (C=O) groups excluding carboxylic acids is 1. The summed E-state index contributed by atoms with van der Waals surface area (Å²) in [7, 11) is 0. The fraction of sp³-hybridized carbons (Fsp3) is 0.529. The molecule has 1 saturated carbocycles. The van der Waals surface area contributed by atoms with E-state index in [2.05, 4.69) is 25.7 Å². The Bertz CT molecular complexity index is 693. The van der Waals surface area contributed by atoms with Gasteiger partial charge in [0.15, 0.2) is 5.82 Å². The van der Waals surface area contributed by atoms with Crippen LogP contribution in [-0.4, -0.2) is 43.5 Å². The highest BCUT2D eigenvalue weighted by Gasteiger charge is 2.27. The Morgan fingerprint density at radius 1 is 1.28 bits per heavy atom. The van der Waals surface area contributed by atoms with E-state index in [9.17, 15) is 4.79 Å². The number of pyridine rings is 1. The fourth-order valence-electron chi connectivity index (χ4n) is 2.89. The van der Waals surface area contributed by atoms with Gasteiger partial charge in [0.05, 0.1) is 11.9 Å². The highest BCUT2D eigenvalue weighted by atomic mass is 16.6. The molecular formula is C17H24N6O2. The van der Waals surface area contributed by atoms with Crippen LogP contribution in [0.5, 0.6) is 0 Å². The molecule has 1 aliphatic carbocycles. The average Bonchev–Trinajstić information content (AvgIpc) is 3.18. The third-order valence-corrected chi connectivity index (χ3v) is 3.93. The van der Waals surface area contributed by atoms with E-state index in [-0.39, 0.29) is 12.1 Å². The average molecular weight is 344 g/mol. The maximum absolute atomic E-state index is 11.9. The van der Waals surface area contributed by atoms with Crippen molar-refractivity contribution >= 4 is 11.8 Å². The van der Waals surface area contributed by atoms with E-state index in [0.717, 1.165) is 30.8 Å². The summed E-state index contributed by atoms with van der Waals surface area (Å²) >= 11 is 0. The molecule has 1 aliphatic rings. The molecule has 134 valence electrons. The summed E-state index contributed by atoms with van der Waals surface area (Å²) in [6.45, 7) is 5.59. The molecule has 2 heterocycles. The van der Waals surface area contributed by atoms with Gasteiger partial charge in [0.2, 0.25) is 0 Å². The highest BCUT2D eigenvalue weighted by molar-refractivity contribution is 5.68. The van der Waals surface area contributed by atoms with Crippen molar-refractivity contribution in [2.24, 2.45) is 0 Å². The van der Waals surface area contributed by atoms with Crippen LogP contribution in [0.25, 0.3) is 5.82 Å². The minimum atomic E-state index is -0.474. The lowest BCUT2D eigenvalue weighted by Crippen LogP contribution is -2.38. The number of ether oxygens (including phenoxy) is 1.